The van der Waals surface area contributed by atoms with Crippen LogP contribution in [0.25, 0.3) is 127 Å². The van der Waals surface area contributed by atoms with Gasteiger partial charge in [-0.1, -0.05) is 184 Å². The Bertz CT molecular complexity index is 4160. The van der Waals surface area contributed by atoms with E-state index in [2.05, 4.69) is 176 Å². The molecule has 0 saturated carbocycles. The molecule has 0 saturated heterocycles. The van der Waals surface area contributed by atoms with E-state index in [1.165, 1.54) is 54.6 Å². The van der Waals surface area contributed by atoms with Gasteiger partial charge in [0.2, 0.25) is 5.95 Å². The van der Waals surface area contributed by atoms with Crippen molar-refractivity contribution < 1.29 is 4.42 Å². The zero-order valence-electron chi connectivity index (χ0n) is 35.7. The highest BCUT2D eigenvalue weighted by Crippen LogP contribution is 2.53. The minimum atomic E-state index is -0.146. The van der Waals surface area contributed by atoms with E-state index in [0.29, 0.717) is 17.6 Å². The van der Waals surface area contributed by atoms with Gasteiger partial charge in [-0.2, -0.15) is 9.97 Å². The Kier molecular flexibility index (Phi) is 7.39. The molecule has 0 N–H and O–H groups in total. The van der Waals surface area contributed by atoms with Crippen LogP contribution in [0.15, 0.2) is 199 Å². The van der Waals surface area contributed by atoms with Crippen LogP contribution in [0.4, 0.5) is 0 Å². The van der Waals surface area contributed by atoms with Crippen molar-refractivity contribution in [2.24, 2.45) is 0 Å². The van der Waals surface area contributed by atoms with E-state index >= 15 is 0 Å². The van der Waals surface area contributed by atoms with Gasteiger partial charge in [-0.3, -0.25) is 4.57 Å². The molecular formula is C60H38N4O. The topological polar surface area (TPSA) is 56.7 Å². The number of rotatable bonds is 4. The number of hydrogen-bond acceptors (Lipinski definition) is 4. The second-order valence-electron chi connectivity index (χ2n) is 17.9. The highest BCUT2D eigenvalue weighted by Gasteiger charge is 2.37. The van der Waals surface area contributed by atoms with Crippen LogP contribution >= 0.6 is 0 Å². The van der Waals surface area contributed by atoms with Crippen molar-refractivity contribution in [2.45, 2.75) is 19.3 Å². The van der Waals surface area contributed by atoms with Crippen LogP contribution in [-0.2, 0) is 5.41 Å². The third-order valence-corrected chi connectivity index (χ3v) is 14.0. The van der Waals surface area contributed by atoms with Crippen LogP contribution < -0.4 is 0 Å². The first kappa shape index (κ1) is 36.1. The van der Waals surface area contributed by atoms with Crippen molar-refractivity contribution in [1.29, 1.82) is 0 Å². The summed E-state index contributed by atoms with van der Waals surface area (Å²) >= 11 is 0. The first-order valence-corrected chi connectivity index (χ1v) is 22.3. The number of para-hydroxylation sites is 2. The normalized spacial score (nSPS) is 13.2. The average Bonchev–Trinajstić information content (AvgIpc) is 3.99. The maximum atomic E-state index is 6.41. The smallest absolute Gasteiger partial charge is 0.238 e. The Hall–Kier alpha value is -8.41. The number of furan rings is 1. The Morgan fingerprint density at radius 2 is 1.03 bits per heavy atom. The van der Waals surface area contributed by atoms with E-state index in [4.69, 9.17) is 19.4 Å². The van der Waals surface area contributed by atoms with E-state index in [1.54, 1.807) is 0 Å². The molecule has 10 aromatic carbocycles. The van der Waals surface area contributed by atoms with Crippen LogP contribution in [-0.4, -0.2) is 19.5 Å². The lowest BCUT2D eigenvalue weighted by Crippen LogP contribution is -2.14. The predicted molar refractivity (Wildman–Crippen MR) is 268 cm³/mol. The Labute approximate surface area is 373 Å². The van der Waals surface area contributed by atoms with Crippen molar-refractivity contribution in [3.05, 3.63) is 205 Å². The van der Waals surface area contributed by atoms with Crippen molar-refractivity contribution in [3.63, 3.8) is 0 Å². The standard InChI is InChI=1S/C60H38N4O/c1-60(2)49-31-29-37(33-48(49)53-39-18-7-6-15-35(39)28-32-50(53)60)40-24-14-25-47-54-45-22-10-8-19-41(45)42-20-9-11-23-46(42)56(54)64(55(40)47)59-62-57(36-16-4-3-5-17-36)61-58(63-59)38-27-30-44-43-21-12-13-26-51(43)65-52(44)34-38/h3-34H,1-2H3. The largest absolute Gasteiger partial charge is 0.456 e. The maximum absolute atomic E-state index is 6.41. The third-order valence-electron chi connectivity index (χ3n) is 14.0. The first-order valence-electron chi connectivity index (χ1n) is 22.3. The highest BCUT2D eigenvalue weighted by atomic mass is 16.3. The van der Waals surface area contributed by atoms with E-state index < -0.39 is 0 Å². The van der Waals surface area contributed by atoms with Gasteiger partial charge in [0.25, 0.3) is 0 Å². The summed E-state index contributed by atoms with van der Waals surface area (Å²) in [6.45, 7) is 4.71. The predicted octanol–water partition coefficient (Wildman–Crippen LogP) is 15.6. The summed E-state index contributed by atoms with van der Waals surface area (Å²) < 4.78 is 8.74. The highest BCUT2D eigenvalue weighted by molar-refractivity contribution is 6.33. The first-order chi connectivity index (χ1) is 32.0. The fraction of sp³-hybridized carbons (Fsp3) is 0.0500. The molecule has 0 unspecified atom stereocenters. The molecular weight excluding hydrogens is 793 g/mol. The van der Waals surface area contributed by atoms with Gasteiger partial charge in [-0.15, -0.1) is 0 Å². The van der Waals surface area contributed by atoms with Gasteiger partial charge in [0.1, 0.15) is 11.2 Å². The number of hydrogen-bond donors (Lipinski definition) is 0. The molecule has 0 atom stereocenters. The van der Waals surface area contributed by atoms with E-state index in [9.17, 15) is 0 Å². The summed E-state index contributed by atoms with van der Waals surface area (Å²) in [5.74, 6) is 1.71. The van der Waals surface area contributed by atoms with Crippen molar-refractivity contribution in [2.75, 3.05) is 0 Å². The quantitative estimate of drug-likeness (QED) is 0.166. The number of fused-ring (bicyclic) bond motifs is 16. The molecule has 14 rings (SSSR count). The molecule has 3 aromatic heterocycles. The molecule has 13 aromatic rings. The molecule has 0 fully saturated rings. The summed E-state index contributed by atoms with van der Waals surface area (Å²) in [5.41, 5.74) is 12.9. The van der Waals surface area contributed by atoms with Crippen molar-refractivity contribution in [3.8, 4) is 51.0 Å². The Morgan fingerprint density at radius 3 is 1.86 bits per heavy atom. The van der Waals surface area contributed by atoms with Crippen molar-refractivity contribution >= 4 is 76.1 Å². The molecule has 3 heterocycles. The third kappa shape index (κ3) is 5.12. The van der Waals surface area contributed by atoms with Gasteiger partial charge in [0, 0.05) is 49.0 Å². The molecule has 0 aliphatic heterocycles. The fourth-order valence-electron chi connectivity index (χ4n) is 11.0. The van der Waals surface area contributed by atoms with Gasteiger partial charge in [0.15, 0.2) is 11.6 Å². The summed E-state index contributed by atoms with van der Waals surface area (Å²) in [4.78, 5) is 16.2. The van der Waals surface area contributed by atoms with E-state index in [1.807, 2.05) is 36.4 Å². The Morgan fingerprint density at radius 1 is 0.400 bits per heavy atom. The minimum Gasteiger partial charge on any atom is -0.456 e. The van der Waals surface area contributed by atoms with E-state index in [-0.39, 0.29) is 5.41 Å². The molecule has 304 valence electrons. The lowest BCUT2D eigenvalue weighted by atomic mass is 9.82. The number of aromatic nitrogens is 4. The van der Waals surface area contributed by atoms with Gasteiger partial charge in [-0.05, 0) is 79.0 Å². The monoisotopic (exact) mass is 830 g/mol. The molecule has 0 bridgehead atoms. The lowest BCUT2D eigenvalue weighted by Gasteiger charge is -2.21. The van der Waals surface area contributed by atoms with E-state index in [0.717, 1.165) is 66.0 Å². The molecule has 0 radical (unpaired) electrons. The van der Waals surface area contributed by atoms with Crippen LogP contribution in [0.1, 0.15) is 25.0 Å². The summed E-state index contributed by atoms with van der Waals surface area (Å²) in [6.07, 6.45) is 0. The second kappa shape index (κ2) is 13.3. The molecule has 5 heteroatoms. The van der Waals surface area contributed by atoms with Crippen molar-refractivity contribution in [1.82, 2.24) is 19.5 Å². The zero-order valence-corrected chi connectivity index (χ0v) is 35.7. The Balaban J connectivity index is 1.11. The zero-order chi connectivity index (χ0) is 43.0. The van der Waals surface area contributed by atoms with Gasteiger partial charge in [-0.25, -0.2) is 4.98 Å². The fourth-order valence-corrected chi connectivity index (χ4v) is 11.0. The lowest BCUT2D eigenvalue weighted by molar-refractivity contribution is 0.661. The number of nitrogens with zero attached hydrogens (tertiary/aromatic N) is 4. The average molecular weight is 831 g/mol. The molecule has 1 aliphatic carbocycles. The summed E-state index contributed by atoms with van der Waals surface area (Å²) in [6, 6.07) is 69.5. The minimum absolute atomic E-state index is 0.146. The summed E-state index contributed by atoms with van der Waals surface area (Å²) in [5, 5.41) is 11.7. The van der Waals surface area contributed by atoms with Gasteiger partial charge in [0.05, 0.1) is 11.0 Å². The summed E-state index contributed by atoms with van der Waals surface area (Å²) in [7, 11) is 0. The second-order valence-corrected chi connectivity index (χ2v) is 17.9. The van der Waals surface area contributed by atoms with Crippen LogP contribution in [0.5, 0.6) is 0 Å². The van der Waals surface area contributed by atoms with Crippen LogP contribution in [0, 0.1) is 0 Å². The van der Waals surface area contributed by atoms with Crippen LogP contribution in [0.2, 0.25) is 0 Å². The SMILES string of the molecule is CC1(C)c2ccc(-c3cccc4c5c6ccccc6c6ccccc6c5n(-c5nc(-c6ccccc6)nc(-c6ccc7c(c6)oc6ccccc67)n5)c34)cc2-c2c1ccc1ccccc21. The number of benzene rings is 10. The van der Waals surface area contributed by atoms with Gasteiger partial charge >= 0.3 is 0 Å². The maximum Gasteiger partial charge on any atom is 0.238 e. The molecule has 5 nitrogen and oxygen atoms in total. The molecule has 1 aliphatic rings. The van der Waals surface area contributed by atoms with Crippen LogP contribution in [0.3, 0.4) is 0 Å². The molecule has 0 amide bonds. The molecule has 65 heavy (non-hydrogen) atoms. The van der Waals surface area contributed by atoms with Gasteiger partial charge < -0.3 is 4.42 Å². The molecule has 0 spiro atoms.